The molecule has 5 heteroatoms. The first-order chi connectivity index (χ1) is 9.78. The van der Waals surface area contributed by atoms with E-state index in [-0.39, 0.29) is 6.61 Å². The van der Waals surface area contributed by atoms with Crippen molar-refractivity contribution < 1.29 is 9.15 Å². The zero-order chi connectivity index (χ0) is 13.9. The summed E-state index contributed by atoms with van der Waals surface area (Å²) in [4.78, 5) is 5.45. The smallest absolute Gasteiger partial charge is 0.233 e. The van der Waals surface area contributed by atoms with Crippen LogP contribution in [-0.4, -0.2) is 11.2 Å². The van der Waals surface area contributed by atoms with Crippen LogP contribution < -0.4 is 10.5 Å². The van der Waals surface area contributed by atoms with E-state index in [1.807, 2.05) is 42.7 Å². The maximum Gasteiger partial charge on any atom is 0.233 e. The van der Waals surface area contributed by atoms with E-state index in [4.69, 9.17) is 14.9 Å². The molecule has 0 bridgehead atoms. The third-order valence-corrected chi connectivity index (χ3v) is 3.69. The van der Waals surface area contributed by atoms with Gasteiger partial charge in [-0.05, 0) is 30.5 Å². The molecule has 3 aromatic rings. The molecule has 20 heavy (non-hydrogen) atoms. The summed E-state index contributed by atoms with van der Waals surface area (Å²) < 4.78 is 11.4. The molecule has 0 unspecified atom stereocenters. The van der Waals surface area contributed by atoms with Gasteiger partial charge in [-0.25, -0.2) is 4.98 Å². The first-order valence-electron chi connectivity index (χ1n) is 6.17. The molecular weight excluding hydrogens is 272 g/mol. The van der Waals surface area contributed by atoms with Gasteiger partial charge in [0.1, 0.15) is 11.3 Å². The minimum Gasteiger partial charge on any atom is -0.483 e. The molecule has 2 N–H and O–H groups in total. The molecule has 0 spiro atoms. The molecular formula is C15H14N2O2S. The third-order valence-electron chi connectivity index (χ3n) is 2.91. The lowest BCUT2D eigenvalue weighted by Gasteiger charge is -2.07. The molecule has 0 fully saturated rings. The van der Waals surface area contributed by atoms with Gasteiger partial charge < -0.3 is 14.9 Å². The van der Waals surface area contributed by atoms with Crippen LogP contribution >= 0.6 is 11.8 Å². The fourth-order valence-electron chi connectivity index (χ4n) is 1.96. The number of aromatic nitrogens is 1. The number of hydrogen-bond acceptors (Lipinski definition) is 5. The second-order valence-corrected chi connectivity index (χ2v) is 5.09. The number of para-hydroxylation sites is 2. The van der Waals surface area contributed by atoms with Crippen molar-refractivity contribution in [3.63, 3.8) is 0 Å². The predicted molar refractivity (Wildman–Crippen MR) is 81.0 cm³/mol. The highest BCUT2D eigenvalue weighted by atomic mass is 32.2. The van der Waals surface area contributed by atoms with E-state index in [2.05, 4.69) is 4.98 Å². The molecule has 0 aliphatic heterocycles. The van der Waals surface area contributed by atoms with Gasteiger partial charge in [-0.3, -0.25) is 0 Å². The lowest BCUT2D eigenvalue weighted by atomic mass is 10.3. The summed E-state index contributed by atoms with van der Waals surface area (Å²) in [5.74, 6) is 1.35. The van der Waals surface area contributed by atoms with Gasteiger partial charge in [-0.2, -0.15) is 0 Å². The van der Waals surface area contributed by atoms with E-state index < -0.39 is 0 Å². The summed E-state index contributed by atoms with van der Waals surface area (Å²) in [6.45, 7) is 0.283. The Hall–Kier alpha value is -2.14. The SMILES string of the molecule is CSc1ccccc1OCc1nc2c(N)cccc2o1. The van der Waals surface area contributed by atoms with Crippen molar-refractivity contribution in [3.05, 3.63) is 48.4 Å². The summed E-state index contributed by atoms with van der Waals surface area (Å²) in [5.41, 5.74) is 7.84. The maximum absolute atomic E-state index is 5.86. The number of rotatable bonds is 4. The molecule has 1 aromatic heterocycles. The highest BCUT2D eigenvalue weighted by Gasteiger charge is 2.09. The lowest BCUT2D eigenvalue weighted by molar-refractivity contribution is 0.261. The van der Waals surface area contributed by atoms with Gasteiger partial charge in [0.05, 0.1) is 5.69 Å². The Bertz CT molecular complexity index is 740. The van der Waals surface area contributed by atoms with Gasteiger partial charge in [-0.1, -0.05) is 18.2 Å². The first kappa shape index (κ1) is 12.9. The average molecular weight is 286 g/mol. The van der Waals surface area contributed by atoms with E-state index in [0.29, 0.717) is 22.7 Å². The fraction of sp³-hybridized carbons (Fsp3) is 0.133. The molecule has 0 atom stereocenters. The number of benzene rings is 2. The quantitative estimate of drug-likeness (QED) is 0.585. The monoisotopic (exact) mass is 286 g/mol. The van der Waals surface area contributed by atoms with Crippen LogP contribution in [-0.2, 0) is 6.61 Å². The number of nitrogen functional groups attached to an aromatic ring is 1. The first-order valence-corrected chi connectivity index (χ1v) is 7.40. The molecule has 2 aromatic carbocycles. The highest BCUT2D eigenvalue weighted by Crippen LogP contribution is 2.28. The van der Waals surface area contributed by atoms with Gasteiger partial charge in [0.15, 0.2) is 12.2 Å². The maximum atomic E-state index is 5.86. The van der Waals surface area contributed by atoms with E-state index in [0.717, 1.165) is 10.6 Å². The van der Waals surface area contributed by atoms with Crippen LogP contribution in [0.15, 0.2) is 51.8 Å². The van der Waals surface area contributed by atoms with Gasteiger partial charge in [0.25, 0.3) is 0 Å². The summed E-state index contributed by atoms with van der Waals surface area (Å²) in [5, 5.41) is 0. The van der Waals surface area contributed by atoms with Crippen LogP contribution in [0.4, 0.5) is 5.69 Å². The Kier molecular flexibility index (Phi) is 3.52. The van der Waals surface area contributed by atoms with E-state index in [1.165, 1.54) is 0 Å². The molecule has 0 aliphatic carbocycles. The Morgan fingerprint density at radius 2 is 2.05 bits per heavy atom. The van der Waals surface area contributed by atoms with Gasteiger partial charge in [0, 0.05) is 4.90 Å². The van der Waals surface area contributed by atoms with Crippen molar-refractivity contribution in [2.75, 3.05) is 12.0 Å². The number of anilines is 1. The van der Waals surface area contributed by atoms with Crippen LogP contribution in [0.25, 0.3) is 11.1 Å². The van der Waals surface area contributed by atoms with Crippen molar-refractivity contribution >= 4 is 28.5 Å². The second kappa shape index (κ2) is 5.46. The van der Waals surface area contributed by atoms with Crippen LogP contribution in [0.2, 0.25) is 0 Å². The summed E-state index contributed by atoms with van der Waals surface area (Å²) in [6, 6.07) is 13.4. The number of thioether (sulfide) groups is 1. The molecule has 0 amide bonds. The van der Waals surface area contributed by atoms with Crippen molar-refractivity contribution in [3.8, 4) is 5.75 Å². The molecule has 3 rings (SSSR count). The van der Waals surface area contributed by atoms with Crippen LogP contribution in [0.1, 0.15) is 5.89 Å². The number of fused-ring (bicyclic) bond motifs is 1. The number of nitrogens with two attached hydrogens (primary N) is 1. The minimum atomic E-state index is 0.283. The standard InChI is InChI=1S/C15H14N2O2S/c1-20-13-8-3-2-6-11(13)18-9-14-17-15-10(16)5-4-7-12(15)19-14/h2-8H,9,16H2,1H3. The Labute approximate surface area is 120 Å². The Morgan fingerprint density at radius 3 is 2.85 bits per heavy atom. The van der Waals surface area contributed by atoms with Crippen molar-refractivity contribution in [2.24, 2.45) is 0 Å². The van der Waals surface area contributed by atoms with Gasteiger partial charge >= 0.3 is 0 Å². The van der Waals surface area contributed by atoms with E-state index in [1.54, 1.807) is 17.8 Å². The lowest BCUT2D eigenvalue weighted by Crippen LogP contribution is -1.96. The Balaban J connectivity index is 1.82. The zero-order valence-corrected chi connectivity index (χ0v) is 11.8. The molecule has 0 aliphatic rings. The second-order valence-electron chi connectivity index (χ2n) is 4.24. The molecule has 0 saturated heterocycles. The largest absolute Gasteiger partial charge is 0.483 e. The van der Waals surface area contributed by atoms with E-state index >= 15 is 0 Å². The van der Waals surface area contributed by atoms with Crippen LogP contribution in [0.5, 0.6) is 5.75 Å². The molecule has 102 valence electrons. The van der Waals surface area contributed by atoms with E-state index in [9.17, 15) is 0 Å². The molecule has 0 saturated carbocycles. The molecule has 4 nitrogen and oxygen atoms in total. The summed E-state index contributed by atoms with van der Waals surface area (Å²) >= 11 is 1.64. The predicted octanol–water partition coefficient (Wildman–Crippen LogP) is 3.71. The number of hydrogen-bond donors (Lipinski definition) is 1. The number of oxazole rings is 1. The topological polar surface area (TPSA) is 61.3 Å². The van der Waals surface area contributed by atoms with Crippen LogP contribution in [0, 0.1) is 0 Å². The normalized spacial score (nSPS) is 10.8. The molecule has 1 heterocycles. The number of ether oxygens (including phenoxy) is 1. The third kappa shape index (κ3) is 2.44. The van der Waals surface area contributed by atoms with Crippen LogP contribution in [0.3, 0.4) is 0 Å². The zero-order valence-electron chi connectivity index (χ0n) is 11.0. The summed E-state index contributed by atoms with van der Waals surface area (Å²) in [7, 11) is 0. The summed E-state index contributed by atoms with van der Waals surface area (Å²) in [6.07, 6.45) is 2.02. The molecule has 0 radical (unpaired) electrons. The highest BCUT2D eigenvalue weighted by molar-refractivity contribution is 7.98. The van der Waals surface area contributed by atoms with Crippen molar-refractivity contribution in [2.45, 2.75) is 11.5 Å². The number of nitrogens with zero attached hydrogens (tertiary/aromatic N) is 1. The van der Waals surface area contributed by atoms with Crippen molar-refractivity contribution in [1.29, 1.82) is 0 Å². The van der Waals surface area contributed by atoms with Crippen molar-refractivity contribution in [1.82, 2.24) is 4.98 Å². The Morgan fingerprint density at radius 1 is 1.20 bits per heavy atom. The van der Waals surface area contributed by atoms with Gasteiger partial charge in [-0.15, -0.1) is 11.8 Å². The average Bonchev–Trinajstić information content (AvgIpc) is 2.90. The van der Waals surface area contributed by atoms with Gasteiger partial charge in [0.2, 0.25) is 5.89 Å². The minimum absolute atomic E-state index is 0.283. The fourth-order valence-corrected chi connectivity index (χ4v) is 2.50.